The first-order chi connectivity index (χ1) is 9.51. The van der Waals surface area contributed by atoms with Gasteiger partial charge in [-0.15, -0.1) is 0 Å². The van der Waals surface area contributed by atoms with Crippen molar-refractivity contribution in [3.05, 3.63) is 0 Å². The zero-order valence-electron chi connectivity index (χ0n) is 12.4. The predicted octanol–water partition coefficient (Wildman–Crippen LogP) is 0.448. The van der Waals surface area contributed by atoms with E-state index >= 15 is 0 Å². The molecule has 0 aromatic rings. The molecule has 2 fully saturated rings. The Balaban J connectivity index is 2.00. The van der Waals surface area contributed by atoms with Crippen LogP contribution in [0.15, 0.2) is 0 Å². The summed E-state index contributed by atoms with van der Waals surface area (Å²) < 4.78 is 34.8. The number of hydrogen-bond donors (Lipinski definition) is 2. The lowest BCUT2D eigenvalue weighted by molar-refractivity contribution is -0.114. The molecule has 3 N–H and O–H groups in total. The molecule has 0 aromatic heterocycles. The summed E-state index contributed by atoms with van der Waals surface area (Å²) in [5, 5.41) is 0. The first-order valence-electron chi connectivity index (χ1n) is 7.65. The van der Waals surface area contributed by atoms with E-state index in [0.29, 0.717) is 25.6 Å². The minimum Gasteiger partial charge on any atom is -0.376 e. The molecule has 6 nitrogen and oxygen atoms in total. The van der Waals surface area contributed by atoms with Crippen LogP contribution in [0.2, 0.25) is 0 Å². The van der Waals surface area contributed by atoms with Crippen LogP contribution >= 0.6 is 0 Å². The Morgan fingerprint density at radius 2 is 1.95 bits per heavy atom. The van der Waals surface area contributed by atoms with Gasteiger partial charge in [0.1, 0.15) is 0 Å². The van der Waals surface area contributed by atoms with Gasteiger partial charge in [0.2, 0.25) is 0 Å². The van der Waals surface area contributed by atoms with E-state index in [1.807, 2.05) is 13.8 Å². The fourth-order valence-corrected chi connectivity index (χ4v) is 4.82. The van der Waals surface area contributed by atoms with Crippen LogP contribution in [0, 0.1) is 5.92 Å². The van der Waals surface area contributed by atoms with E-state index in [-0.39, 0.29) is 18.2 Å². The van der Waals surface area contributed by atoms with Crippen LogP contribution in [0.4, 0.5) is 0 Å². The minimum absolute atomic E-state index is 0.0429. The van der Waals surface area contributed by atoms with Gasteiger partial charge in [-0.2, -0.15) is 17.4 Å². The lowest BCUT2D eigenvalue weighted by Gasteiger charge is -2.52. The van der Waals surface area contributed by atoms with Gasteiger partial charge in [-0.25, -0.2) is 0 Å². The average molecular weight is 305 g/mol. The maximum Gasteiger partial charge on any atom is 0.279 e. The number of hydrogen-bond acceptors (Lipinski definition) is 4. The normalized spacial score (nSPS) is 33.8. The summed E-state index contributed by atoms with van der Waals surface area (Å²) in [6.07, 6.45) is 3.63. The second kappa shape index (κ2) is 6.70. The van der Waals surface area contributed by atoms with Gasteiger partial charge in [0.25, 0.3) is 10.2 Å². The second-order valence-electron chi connectivity index (χ2n) is 5.77. The van der Waals surface area contributed by atoms with Crippen LogP contribution in [0.3, 0.4) is 0 Å². The van der Waals surface area contributed by atoms with E-state index < -0.39 is 10.2 Å². The molecule has 0 aromatic carbocycles. The zero-order valence-corrected chi connectivity index (χ0v) is 13.2. The molecule has 7 heteroatoms. The third-order valence-electron chi connectivity index (χ3n) is 4.25. The largest absolute Gasteiger partial charge is 0.376 e. The molecule has 118 valence electrons. The van der Waals surface area contributed by atoms with Crippen molar-refractivity contribution in [3.8, 4) is 0 Å². The number of ether oxygens (including phenoxy) is 1. The highest BCUT2D eigenvalue weighted by Crippen LogP contribution is 2.37. The highest BCUT2D eigenvalue weighted by atomic mass is 32.2. The molecular formula is C13H27N3O3S. The molecule has 20 heavy (non-hydrogen) atoms. The van der Waals surface area contributed by atoms with E-state index in [0.717, 1.165) is 25.7 Å². The van der Waals surface area contributed by atoms with Crippen LogP contribution < -0.4 is 10.5 Å². The number of fused-ring (bicyclic) bond motifs is 1. The van der Waals surface area contributed by atoms with Crippen molar-refractivity contribution in [1.82, 2.24) is 9.03 Å². The molecule has 0 spiro atoms. The van der Waals surface area contributed by atoms with Gasteiger partial charge >= 0.3 is 0 Å². The van der Waals surface area contributed by atoms with Crippen molar-refractivity contribution >= 4 is 10.2 Å². The van der Waals surface area contributed by atoms with E-state index in [1.165, 1.54) is 4.31 Å². The van der Waals surface area contributed by atoms with Crippen molar-refractivity contribution in [2.45, 2.75) is 57.7 Å². The molecule has 4 atom stereocenters. The molecule has 1 aliphatic carbocycles. The molecular weight excluding hydrogens is 278 g/mol. The van der Waals surface area contributed by atoms with Crippen molar-refractivity contribution in [1.29, 1.82) is 0 Å². The Kier molecular flexibility index (Phi) is 5.42. The Morgan fingerprint density at radius 1 is 1.30 bits per heavy atom. The summed E-state index contributed by atoms with van der Waals surface area (Å²) in [5.41, 5.74) is 6.11. The minimum atomic E-state index is -3.47. The Morgan fingerprint density at radius 3 is 2.55 bits per heavy atom. The molecule has 0 radical (unpaired) electrons. The molecule has 0 amide bonds. The topological polar surface area (TPSA) is 84.7 Å². The number of nitrogens with two attached hydrogens (primary N) is 1. The lowest BCUT2D eigenvalue weighted by atomic mass is 9.69. The van der Waals surface area contributed by atoms with E-state index in [1.54, 1.807) is 0 Å². The first-order valence-corrected chi connectivity index (χ1v) is 9.09. The van der Waals surface area contributed by atoms with Crippen molar-refractivity contribution in [2.75, 3.05) is 19.7 Å². The predicted molar refractivity (Wildman–Crippen MR) is 78.4 cm³/mol. The zero-order chi connectivity index (χ0) is 14.8. The van der Waals surface area contributed by atoms with Crippen LogP contribution in [-0.2, 0) is 14.9 Å². The quantitative estimate of drug-likeness (QED) is 0.715. The SMILES string of the molecule is CCCN(CCC)S(=O)(=O)NC1C(N)C2CCCOC21. The van der Waals surface area contributed by atoms with Gasteiger partial charge in [-0.05, 0) is 25.7 Å². The third-order valence-corrected chi connectivity index (χ3v) is 5.86. The van der Waals surface area contributed by atoms with Crippen molar-refractivity contribution in [3.63, 3.8) is 0 Å². The Bertz CT molecular complexity index is 409. The smallest absolute Gasteiger partial charge is 0.279 e. The van der Waals surface area contributed by atoms with Crippen molar-refractivity contribution < 1.29 is 13.2 Å². The van der Waals surface area contributed by atoms with E-state index in [2.05, 4.69) is 4.72 Å². The molecule has 0 bridgehead atoms. The van der Waals surface area contributed by atoms with Gasteiger partial charge in [0.15, 0.2) is 0 Å². The van der Waals surface area contributed by atoms with Gasteiger partial charge in [0.05, 0.1) is 12.1 Å². The summed E-state index contributed by atoms with van der Waals surface area (Å²) in [6, 6.07) is -0.401. The van der Waals surface area contributed by atoms with E-state index in [4.69, 9.17) is 10.5 Å². The highest BCUT2D eigenvalue weighted by molar-refractivity contribution is 7.87. The number of nitrogens with zero attached hydrogens (tertiary/aromatic N) is 1. The van der Waals surface area contributed by atoms with Crippen LogP contribution in [0.1, 0.15) is 39.5 Å². The first kappa shape index (κ1) is 16.2. The highest BCUT2D eigenvalue weighted by Gasteiger charge is 2.52. The molecule has 1 aliphatic heterocycles. The molecule has 4 unspecified atom stereocenters. The van der Waals surface area contributed by atoms with Gasteiger partial charge in [-0.1, -0.05) is 13.8 Å². The summed E-state index contributed by atoms with van der Waals surface area (Å²) in [7, 11) is -3.47. The third kappa shape index (κ3) is 3.17. The summed E-state index contributed by atoms with van der Waals surface area (Å²) in [6.45, 7) is 5.75. The Labute approximate surface area is 122 Å². The lowest BCUT2D eigenvalue weighted by Crippen LogP contribution is -2.72. The fourth-order valence-electron chi connectivity index (χ4n) is 3.19. The maximum atomic E-state index is 12.4. The van der Waals surface area contributed by atoms with Gasteiger partial charge < -0.3 is 10.5 Å². The number of rotatable bonds is 7. The average Bonchev–Trinajstić information content (AvgIpc) is 2.44. The molecule has 2 aliphatic rings. The van der Waals surface area contributed by atoms with Crippen molar-refractivity contribution in [2.24, 2.45) is 11.7 Å². The second-order valence-corrected chi connectivity index (χ2v) is 7.47. The standard InChI is InChI=1S/C13H27N3O3S/c1-3-7-16(8-4-2)20(17,18)15-12-11(14)10-6-5-9-19-13(10)12/h10-13,15H,3-9,14H2,1-2H3. The van der Waals surface area contributed by atoms with Gasteiger partial charge in [-0.3, -0.25) is 0 Å². The molecule has 2 rings (SSSR count). The molecule has 1 heterocycles. The van der Waals surface area contributed by atoms with Crippen LogP contribution in [-0.4, -0.2) is 50.6 Å². The fraction of sp³-hybridized carbons (Fsp3) is 1.00. The monoisotopic (exact) mass is 305 g/mol. The van der Waals surface area contributed by atoms with E-state index in [9.17, 15) is 8.42 Å². The molecule has 1 saturated carbocycles. The summed E-state index contributed by atoms with van der Waals surface area (Å²) in [5.74, 6) is 0.308. The van der Waals surface area contributed by atoms with Gasteiger partial charge in [0, 0.05) is 31.7 Å². The summed E-state index contributed by atoms with van der Waals surface area (Å²) >= 11 is 0. The van der Waals surface area contributed by atoms with Crippen LogP contribution in [0.5, 0.6) is 0 Å². The number of nitrogens with one attached hydrogen (secondary N) is 1. The van der Waals surface area contributed by atoms with Crippen LogP contribution in [0.25, 0.3) is 0 Å². The summed E-state index contributed by atoms with van der Waals surface area (Å²) in [4.78, 5) is 0. The maximum absolute atomic E-state index is 12.4. The Hall–Kier alpha value is -0.210. The molecule has 1 saturated heterocycles.